The highest BCUT2D eigenvalue weighted by Crippen LogP contribution is 2.42. The number of thioether (sulfide) groups is 1. The van der Waals surface area contributed by atoms with Crippen LogP contribution in [0.15, 0.2) is 65.3 Å². The van der Waals surface area contributed by atoms with Gasteiger partial charge >= 0.3 is 0 Å². The second-order valence-electron chi connectivity index (χ2n) is 6.22. The van der Waals surface area contributed by atoms with Crippen LogP contribution >= 0.6 is 11.8 Å². The highest BCUT2D eigenvalue weighted by atomic mass is 32.2. The Morgan fingerprint density at radius 2 is 2.21 bits per heavy atom. The first-order valence-corrected chi connectivity index (χ1v) is 9.16. The van der Waals surface area contributed by atoms with E-state index in [0.717, 1.165) is 22.2 Å². The fourth-order valence-corrected chi connectivity index (χ4v) is 4.24. The standard InChI is InChI=1S/C19H19N3OS/c23-18(22-21-11-16-10-13-6-7-15(16)9-13)12-24-17-5-1-3-14-4-2-8-20-19(14)17/h1-8,11,13,15,21H,9-10,12H2,(H,22,23). The number of nitrogens with one attached hydrogen (secondary N) is 2. The smallest absolute Gasteiger partial charge is 0.248 e. The van der Waals surface area contributed by atoms with Crippen molar-refractivity contribution < 1.29 is 4.79 Å². The third-order valence-corrected chi connectivity index (χ3v) is 5.62. The van der Waals surface area contributed by atoms with Crippen molar-refractivity contribution in [3.63, 3.8) is 0 Å². The predicted molar refractivity (Wildman–Crippen MR) is 97.2 cm³/mol. The summed E-state index contributed by atoms with van der Waals surface area (Å²) < 4.78 is 0. The average Bonchev–Trinajstić information content (AvgIpc) is 3.23. The molecule has 1 saturated carbocycles. The molecule has 2 unspecified atom stereocenters. The van der Waals surface area contributed by atoms with Gasteiger partial charge in [-0.05, 0) is 36.5 Å². The molecule has 24 heavy (non-hydrogen) atoms. The van der Waals surface area contributed by atoms with Gasteiger partial charge in [0.05, 0.1) is 11.3 Å². The summed E-state index contributed by atoms with van der Waals surface area (Å²) in [4.78, 5) is 17.5. The number of amides is 1. The summed E-state index contributed by atoms with van der Waals surface area (Å²) in [6, 6.07) is 9.99. The number of hydrazine groups is 1. The zero-order valence-corrected chi connectivity index (χ0v) is 14.1. The zero-order valence-electron chi connectivity index (χ0n) is 13.2. The van der Waals surface area contributed by atoms with E-state index in [2.05, 4.69) is 28.0 Å². The van der Waals surface area contributed by atoms with Crippen LogP contribution in [0.5, 0.6) is 0 Å². The predicted octanol–water partition coefficient (Wildman–Crippen LogP) is 3.43. The molecule has 2 atom stereocenters. The SMILES string of the molecule is O=C(CSc1cccc2cccnc12)NNC=C1CC2C=CC1C2. The van der Waals surface area contributed by atoms with E-state index in [-0.39, 0.29) is 5.91 Å². The van der Waals surface area contributed by atoms with E-state index in [4.69, 9.17) is 0 Å². The molecule has 1 fully saturated rings. The minimum absolute atomic E-state index is 0.0384. The van der Waals surface area contributed by atoms with Gasteiger partial charge in [0.25, 0.3) is 0 Å². The van der Waals surface area contributed by atoms with Gasteiger partial charge in [0, 0.05) is 28.6 Å². The number of allylic oxidation sites excluding steroid dienone is 3. The molecule has 0 saturated heterocycles. The topological polar surface area (TPSA) is 54.0 Å². The van der Waals surface area contributed by atoms with Crippen LogP contribution in [0.4, 0.5) is 0 Å². The molecule has 1 aromatic carbocycles. The molecule has 1 aromatic heterocycles. The van der Waals surface area contributed by atoms with E-state index >= 15 is 0 Å². The van der Waals surface area contributed by atoms with Crippen molar-refractivity contribution in [3.8, 4) is 0 Å². The average molecular weight is 337 g/mol. The summed E-state index contributed by atoms with van der Waals surface area (Å²) >= 11 is 1.51. The molecule has 122 valence electrons. The van der Waals surface area contributed by atoms with Crippen molar-refractivity contribution in [3.05, 3.63) is 60.5 Å². The molecule has 2 aromatic rings. The number of carbonyl (C=O) groups is 1. The van der Waals surface area contributed by atoms with Gasteiger partial charge in [-0.2, -0.15) is 0 Å². The Bertz CT molecular complexity index is 825. The van der Waals surface area contributed by atoms with Gasteiger partial charge in [0.15, 0.2) is 0 Å². The Labute approximate surface area is 145 Å². The maximum Gasteiger partial charge on any atom is 0.248 e. The van der Waals surface area contributed by atoms with Crippen LogP contribution < -0.4 is 10.9 Å². The Balaban J connectivity index is 1.30. The van der Waals surface area contributed by atoms with Crippen LogP contribution in [0.2, 0.25) is 0 Å². The second kappa shape index (κ2) is 6.69. The van der Waals surface area contributed by atoms with E-state index in [9.17, 15) is 4.79 Å². The maximum absolute atomic E-state index is 12.0. The number of rotatable bonds is 5. The highest BCUT2D eigenvalue weighted by molar-refractivity contribution is 8.00. The Hall–Kier alpha value is -2.27. The van der Waals surface area contributed by atoms with Crippen LogP contribution in [0, 0.1) is 11.8 Å². The number of para-hydroxylation sites is 1. The molecule has 2 aliphatic carbocycles. The van der Waals surface area contributed by atoms with E-state index in [1.807, 2.05) is 36.5 Å². The number of aromatic nitrogens is 1. The molecular weight excluding hydrogens is 318 g/mol. The molecule has 2 N–H and O–H groups in total. The first-order valence-electron chi connectivity index (χ1n) is 8.18. The minimum atomic E-state index is -0.0384. The summed E-state index contributed by atoms with van der Waals surface area (Å²) in [7, 11) is 0. The molecule has 5 heteroatoms. The first kappa shape index (κ1) is 15.3. The summed E-state index contributed by atoms with van der Waals surface area (Å²) in [5.41, 5.74) is 8.05. The van der Waals surface area contributed by atoms with Gasteiger partial charge in [-0.1, -0.05) is 30.4 Å². The number of carbonyl (C=O) groups excluding carboxylic acids is 1. The van der Waals surface area contributed by atoms with Gasteiger partial charge in [-0.25, -0.2) is 0 Å². The molecule has 1 heterocycles. The van der Waals surface area contributed by atoms with Gasteiger partial charge in [0.2, 0.25) is 5.91 Å². The van der Waals surface area contributed by atoms with E-state index in [0.29, 0.717) is 17.6 Å². The van der Waals surface area contributed by atoms with Crippen LogP contribution in [0.3, 0.4) is 0 Å². The van der Waals surface area contributed by atoms with E-state index in [1.54, 1.807) is 6.20 Å². The summed E-state index contributed by atoms with van der Waals surface area (Å²) in [5, 5.41) is 1.09. The first-order chi connectivity index (χ1) is 11.8. The summed E-state index contributed by atoms with van der Waals surface area (Å²) in [6.07, 6.45) is 10.6. The van der Waals surface area contributed by atoms with Gasteiger partial charge in [-0.15, -0.1) is 11.8 Å². The van der Waals surface area contributed by atoms with Crippen molar-refractivity contribution >= 4 is 28.6 Å². The summed E-state index contributed by atoms with van der Waals surface area (Å²) in [6.45, 7) is 0. The number of nitrogens with zero attached hydrogens (tertiary/aromatic N) is 1. The molecule has 1 amide bonds. The van der Waals surface area contributed by atoms with Gasteiger partial charge in [0.1, 0.15) is 0 Å². The maximum atomic E-state index is 12.0. The number of fused-ring (bicyclic) bond motifs is 3. The van der Waals surface area contributed by atoms with Gasteiger partial charge in [-0.3, -0.25) is 15.2 Å². The monoisotopic (exact) mass is 337 g/mol. The summed E-state index contributed by atoms with van der Waals surface area (Å²) in [5.74, 6) is 1.59. The third kappa shape index (κ3) is 3.17. The number of benzene rings is 1. The van der Waals surface area contributed by atoms with Crippen molar-refractivity contribution in [2.75, 3.05) is 5.75 Å². The van der Waals surface area contributed by atoms with Gasteiger partial charge < -0.3 is 5.43 Å². The minimum Gasteiger partial charge on any atom is -0.306 e. The van der Waals surface area contributed by atoms with E-state index in [1.165, 1.54) is 23.8 Å². The van der Waals surface area contributed by atoms with Crippen molar-refractivity contribution in [1.29, 1.82) is 0 Å². The van der Waals surface area contributed by atoms with Crippen molar-refractivity contribution in [2.45, 2.75) is 17.7 Å². The number of hydrogen-bond donors (Lipinski definition) is 2. The lowest BCUT2D eigenvalue weighted by Gasteiger charge is -2.10. The zero-order chi connectivity index (χ0) is 16.4. The highest BCUT2D eigenvalue weighted by Gasteiger charge is 2.30. The largest absolute Gasteiger partial charge is 0.306 e. The van der Waals surface area contributed by atoms with E-state index < -0.39 is 0 Å². The molecule has 2 aliphatic rings. The van der Waals surface area contributed by atoms with Crippen molar-refractivity contribution in [1.82, 2.24) is 15.8 Å². The lowest BCUT2D eigenvalue weighted by atomic mass is 10.0. The molecule has 2 bridgehead atoms. The normalized spacial score (nSPS) is 23.1. The lowest BCUT2D eigenvalue weighted by molar-refractivity contribution is -0.119. The third-order valence-electron chi connectivity index (χ3n) is 4.57. The van der Waals surface area contributed by atoms with Crippen LogP contribution in [0.1, 0.15) is 12.8 Å². The van der Waals surface area contributed by atoms with Crippen molar-refractivity contribution in [2.24, 2.45) is 11.8 Å². The fourth-order valence-electron chi connectivity index (χ4n) is 3.40. The molecule has 0 spiro atoms. The number of hydrogen-bond acceptors (Lipinski definition) is 4. The Morgan fingerprint density at radius 1 is 1.29 bits per heavy atom. The molecule has 4 nitrogen and oxygen atoms in total. The number of pyridine rings is 1. The van der Waals surface area contributed by atoms with Crippen LogP contribution in [-0.2, 0) is 4.79 Å². The Kier molecular flexibility index (Phi) is 4.26. The lowest BCUT2D eigenvalue weighted by Crippen LogP contribution is -2.35. The second-order valence-corrected chi connectivity index (χ2v) is 7.24. The molecule has 4 rings (SSSR count). The Morgan fingerprint density at radius 3 is 3.04 bits per heavy atom. The van der Waals surface area contributed by atoms with Crippen LogP contribution in [-0.4, -0.2) is 16.6 Å². The quantitative estimate of drug-likeness (QED) is 0.499. The molecule has 0 aliphatic heterocycles. The fraction of sp³-hybridized carbons (Fsp3) is 0.263. The molecular formula is C19H19N3OS. The molecule has 0 radical (unpaired) electrons. The van der Waals surface area contributed by atoms with Crippen LogP contribution in [0.25, 0.3) is 10.9 Å².